The number of likely N-dealkylation sites (N-methyl/N-ethyl adjacent to an activating group) is 1. The van der Waals surface area contributed by atoms with Crippen molar-refractivity contribution in [3.8, 4) is 0 Å². The third kappa shape index (κ3) is 3.01. The second kappa shape index (κ2) is 5.97. The molecule has 2 saturated heterocycles. The zero-order valence-corrected chi connectivity index (χ0v) is 13.2. The number of carbonyl (C=O) groups is 1. The molecule has 2 heterocycles. The first kappa shape index (κ1) is 15.4. The molecule has 5 heteroatoms. The first-order chi connectivity index (χ1) is 10.5. The fourth-order valence-electron chi connectivity index (χ4n) is 3.42. The summed E-state index contributed by atoms with van der Waals surface area (Å²) in [7, 11) is 4.16. The molecule has 1 amide bonds. The van der Waals surface area contributed by atoms with Gasteiger partial charge >= 0.3 is 0 Å². The minimum Gasteiger partial charge on any atom is -0.373 e. The Bertz CT molecular complexity index is 553. The quantitative estimate of drug-likeness (QED) is 0.839. The van der Waals surface area contributed by atoms with E-state index in [9.17, 15) is 9.18 Å². The second-order valence-corrected chi connectivity index (χ2v) is 6.62. The van der Waals surface area contributed by atoms with Crippen LogP contribution >= 0.6 is 0 Å². The van der Waals surface area contributed by atoms with Crippen LogP contribution in [-0.2, 0) is 4.74 Å². The predicted octanol–water partition coefficient (Wildman–Crippen LogP) is 2.15. The molecule has 0 aromatic heterocycles. The first-order valence-corrected chi connectivity index (χ1v) is 7.84. The molecule has 1 aromatic rings. The normalized spacial score (nSPS) is 24.2. The minimum atomic E-state index is -0.368. The van der Waals surface area contributed by atoms with E-state index < -0.39 is 0 Å². The summed E-state index contributed by atoms with van der Waals surface area (Å²) in [6.07, 6.45) is 2.75. The van der Waals surface area contributed by atoms with Crippen LogP contribution in [0.4, 0.5) is 4.39 Å². The van der Waals surface area contributed by atoms with Crippen LogP contribution in [0, 0.1) is 5.82 Å². The topological polar surface area (TPSA) is 32.8 Å². The molecule has 2 fully saturated rings. The Kier molecular flexibility index (Phi) is 4.19. The van der Waals surface area contributed by atoms with Crippen molar-refractivity contribution in [2.24, 2.45) is 0 Å². The number of nitrogens with zero attached hydrogens (tertiary/aromatic N) is 2. The van der Waals surface area contributed by atoms with Gasteiger partial charge in [-0.25, -0.2) is 4.39 Å². The van der Waals surface area contributed by atoms with Crippen LogP contribution in [0.1, 0.15) is 29.6 Å². The molecule has 4 nitrogen and oxygen atoms in total. The van der Waals surface area contributed by atoms with E-state index in [0.29, 0.717) is 24.7 Å². The van der Waals surface area contributed by atoms with Crippen molar-refractivity contribution < 1.29 is 13.9 Å². The fraction of sp³-hybridized carbons (Fsp3) is 0.588. The highest BCUT2D eigenvalue weighted by Gasteiger charge is 2.43. The van der Waals surface area contributed by atoms with Gasteiger partial charge in [-0.1, -0.05) is 6.07 Å². The molecule has 3 rings (SSSR count). The maximum atomic E-state index is 13.3. The fourth-order valence-corrected chi connectivity index (χ4v) is 3.42. The average molecular weight is 306 g/mol. The van der Waals surface area contributed by atoms with Gasteiger partial charge < -0.3 is 14.5 Å². The summed E-state index contributed by atoms with van der Waals surface area (Å²) in [4.78, 5) is 16.5. The Labute approximate surface area is 130 Å². The summed E-state index contributed by atoms with van der Waals surface area (Å²) in [5, 5.41) is 0. The number of hydrogen-bond acceptors (Lipinski definition) is 3. The van der Waals surface area contributed by atoms with E-state index in [4.69, 9.17) is 4.74 Å². The number of carbonyl (C=O) groups excluding carboxylic acids is 1. The van der Waals surface area contributed by atoms with E-state index in [2.05, 4.69) is 19.0 Å². The standard InChI is InChI=1S/C17H23FN2O2/c1-19(2)15-11-17(22-12-15)6-8-20(9-7-17)16(21)13-4-3-5-14(18)10-13/h3-5,10,15H,6-9,11-12H2,1-2H3/t15-/m0/s1. The summed E-state index contributed by atoms with van der Waals surface area (Å²) in [5.41, 5.74) is 0.350. The number of rotatable bonds is 2. The molecule has 22 heavy (non-hydrogen) atoms. The lowest BCUT2D eigenvalue weighted by Gasteiger charge is -2.39. The van der Waals surface area contributed by atoms with Gasteiger partial charge in [0.15, 0.2) is 0 Å². The van der Waals surface area contributed by atoms with E-state index >= 15 is 0 Å². The lowest BCUT2D eigenvalue weighted by molar-refractivity contribution is -0.0392. The van der Waals surface area contributed by atoms with Crippen molar-refractivity contribution in [2.75, 3.05) is 33.8 Å². The Hall–Kier alpha value is -1.46. The molecule has 0 N–H and O–H groups in total. The van der Waals surface area contributed by atoms with E-state index in [0.717, 1.165) is 25.9 Å². The summed E-state index contributed by atoms with van der Waals surface area (Å²) in [5.74, 6) is -0.455. The number of ether oxygens (including phenoxy) is 1. The first-order valence-electron chi connectivity index (χ1n) is 7.84. The van der Waals surface area contributed by atoms with Crippen molar-refractivity contribution >= 4 is 5.91 Å². The van der Waals surface area contributed by atoms with Crippen molar-refractivity contribution in [2.45, 2.75) is 30.9 Å². The van der Waals surface area contributed by atoms with E-state index in [1.165, 1.54) is 12.1 Å². The highest BCUT2D eigenvalue weighted by molar-refractivity contribution is 5.94. The van der Waals surface area contributed by atoms with Gasteiger partial charge in [0, 0.05) is 24.7 Å². The Balaban J connectivity index is 1.61. The number of benzene rings is 1. The third-order valence-electron chi connectivity index (χ3n) is 4.95. The molecule has 0 unspecified atom stereocenters. The highest BCUT2D eigenvalue weighted by Crippen LogP contribution is 2.37. The Morgan fingerprint density at radius 3 is 2.68 bits per heavy atom. The average Bonchev–Trinajstić information content (AvgIpc) is 2.92. The highest BCUT2D eigenvalue weighted by atomic mass is 19.1. The van der Waals surface area contributed by atoms with Crippen LogP contribution in [0.5, 0.6) is 0 Å². The molecule has 2 aliphatic heterocycles. The molecule has 2 aliphatic rings. The number of likely N-dealkylation sites (tertiary alicyclic amines) is 1. The van der Waals surface area contributed by atoms with Crippen LogP contribution in [0.15, 0.2) is 24.3 Å². The van der Waals surface area contributed by atoms with Crippen LogP contribution in [0.2, 0.25) is 0 Å². The van der Waals surface area contributed by atoms with Gasteiger partial charge in [-0.2, -0.15) is 0 Å². The van der Waals surface area contributed by atoms with Gasteiger partial charge in [-0.15, -0.1) is 0 Å². The van der Waals surface area contributed by atoms with Crippen molar-refractivity contribution in [1.29, 1.82) is 0 Å². The SMILES string of the molecule is CN(C)[C@@H]1COC2(CCN(C(=O)c3cccc(F)c3)CC2)C1. The van der Waals surface area contributed by atoms with Gasteiger partial charge in [0.25, 0.3) is 5.91 Å². The lowest BCUT2D eigenvalue weighted by Crippen LogP contribution is -2.47. The van der Waals surface area contributed by atoms with Gasteiger partial charge in [-0.05, 0) is 51.6 Å². The molecule has 0 radical (unpaired) electrons. The van der Waals surface area contributed by atoms with Gasteiger partial charge in [0.2, 0.25) is 0 Å². The summed E-state index contributed by atoms with van der Waals surface area (Å²) in [6.45, 7) is 2.12. The summed E-state index contributed by atoms with van der Waals surface area (Å²) < 4.78 is 19.3. The van der Waals surface area contributed by atoms with Crippen LogP contribution in [-0.4, -0.2) is 61.1 Å². The molecular formula is C17H23FN2O2. The molecule has 0 aliphatic carbocycles. The van der Waals surface area contributed by atoms with Gasteiger partial charge in [0.1, 0.15) is 5.82 Å². The largest absolute Gasteiger partial charge is 0.373 e. The van der Waals surface area contributed by atoms with Gasteiger partial charge in [0.05, 0.1) is 12.2 Å². The van der Waals surface area contributed by atoms with Crippen molar-refractivity contribution in [1.82, 2.24) is 9.80 Å². The van der Waals surface area contributed by atoms with Crippen molar-refractivity contribution in [3.05, 3.63) is 35.6 Å². The number of hydrogen-bond donors (Lipinski definition) is 0. The summed E-state index contributed by atoms with van der Waals surface area (Å²) in [6, 6.07) is 6.38. The number of piperidine rings is 1. The Morgan fingerprint density at radius 2 is 2.09 bits per heavy atom. The van der Waals surface area contributed by atoms with E-state index in [1.54, 1.807) is 12.1 Å². The molecule has 0 saturated carbocycles. The molecule has 120 valence electrons. The Morgan fingerprint density at radius 1 is 1.36 bits per heavy atom. The number of halogens is 1. The minimum absolute atomic E-state index is 0.0757. The molecule has 1 spiro atoms. The molecular weight excluding hydrogens is 283 g/mol. The second-order valence-electron chi connectivity index (χ2n) is 6.62. The monoisotopic (exact) mass is 306 g/mol. The zero-order valence-electron chi connectivity index (χ0n) is 13.2. The smallest absolute Gasteiger partial charge is 0.253 e. The third-order valence-corrected chi connectivity index (χ3v) is 4.95. The van der Waals surface area contributed by atoms with E-state index in [-0.39, 0.29) is 17.3 Å². The van der Waals surface area contributed by atoms with Crippen molar-refractivity contribution in [3.63, 3.8) is 0 Å². The molecule has 1 atom stereocenters. The summed E-state index contributed by atoms with van der Waals surface area (Å²) >= 11 is 0. The predicted molar refractivity (Wildman–Crippen MR) is 82.3 cm³/mol. The molecule has 0 bridgehead atoms. The number of amides is 1. The maximum absolute atomic E-state index is 13.3. The van der Waals surface area contributed by atoms with Crippen LogP contribution < -0.4 is 0 Å². The zero-order chi connectivity index (χ0) is 15.7. The van der Waals surface area contributed by atoms with Crippen LogP contribution in [0.3, 0.4) is 0 Å². The lowest BCUT2D eigenvalue weighted by atomic mass is 9.87. The maximum Gasteiger partial charge on any atom is 0.253 e. The van der Waals surface area contributed by atoms with E-state index in [1.807, 2.05) is 4.90 Å². The molecule has 1 aromatic carbocycles. The van der Waals surface area contributed by atoms with Gasteiger partial charge in [-0.3, -0.25) is 4.79 Å². The van der Waals surface area contributed by atoms with Crippen LogP contribution in [0.25, 0.3) is 0 Å².